The Morgan fingerprint density at radius 1 is 1.37 bits per heavy atom. The number of nitrogens with one attached hydrogen (secondary N) is 2. The van der Waals surface area contributed by atoms with Gasteiger partial charge >= 0.3 is 5.69 Å². The number of carbonyl (C=O) groups is 1. The number of aromatic nitrogens is 2. The van der Waals surface area contributed by atoms with Gasteiger partial charge < -0.3 is 16.4 Å². The number of hydrogen-bond donors (Lipinski definition) is 3. The van der Waals surface area contributed by atoms with Crippen LogP contribution < -0.4 is 16.4 Å². The number of anilines is 2. The van der Waals surface area contributed by atoms with Crippen LogP contribution in [0.1, 0.15) is 19.8 Å². The molecule has 0 aliphatic heterocycles. The second-order valence-corrected chi connectivity index (χ2v) is 3.75. The van der Waals surface area contributed by atoms with E-state index in [1.807, 2.05) is 6.92 Å². The van der Waals surface area contributed by atoms with Gasteiger partial charge in [0.05, 0.1) is 4.92 Å². The number of hydrogen-bond acceptors (Lipinski definition) is 7. The van der Waals surface area contributed by atoms with Gasteiger partial charge in [-0.1, -0.05) is 6.92 Å². The van der Waals surface area contributed by atoms with Crippen molar-refractivity contribution in [3.63, 3.8) is 0 Å². The molecule has 19 heavy (non-hydrogen) atoms. The third kappa shape index (κ3) is 4.37. The summed E-state index contributed by atoms with van der Waals surface area (Å²) >= 11 is 0. The van der Waals surface area contributed by atoms with Crippen LogP contribution in [0.4, 0.5) is 17.3 Å². The second kappa shape index (κ2) is 7.09. The van der Waals surface area contributed by atoms with E-state index in [2.05, 4.69) is 20.6 Å². The average molecular weight is 268 g/mol. The van der Waals surface area contributed by atoms with Gasteiger partial charge in [0.1, 0.15) is 6.33 Å². The largest absolute Gasteiger partial charge is 0.370 e. The van der Waals surface area contributed by atoms with E-state index in [-0.39, 0.29) is 30.3 Å². The summed E-state index contributed by atoms with van der Waals surface area (Å²) in [5, 5.41) is 16.6. The molecule has 1 rings (SSSR count). The molecule has 0 aromatic carbocycles. The lowest BCUT2D eigenvalue weighted by molar-refractivity contribution is -0.383. The maximum atomic E-state index is 11.1. The van der Waals surface area contributed by atoms with Gasteiger partial charge in [0.25, 0.3) is 0 Å². The molecule has 1 heterocycles. The van der Waals surface area contributed by atoms with E-state index in [1.54, 1.807) is 0 Å². The number of amides is 1. The zero-order chi connectivity index (χ0) is 14.3. The smallest absolute Gasteiger partial charge is 0.353 e. The molecule has 9 nitrogen and oxygen atoms in total. The molecule has 0 bridgehead atoms. The summed E-state index contributed by atoms with van der Waals surface area (Å²) < 4.78 is 0. The Labute approximate surface area is 109 Å². The second-order valence-electron chi connectivity index (χ2n) is 3.75. The Morgan fingerprint density at radius 2 is 1.95 bits per heavy atom. The summed E-state index contributed by atoms with van der Waals surface area (Å²) in [6.45, 7) is 2.69. The predicted molar refractivity (Wildman–Crippen MR) is 69.8 cm³/mol. The van der Waals surface area contributed by atoms with E-state index < -0.39 is 10.8 Å². The van der Waals surface area contributed by atoms with Crippen LogP contribution in [0.3, 0.4) is 0 Å². The van der Waals surface area contributed by atoms with Gasteiger partial charge in [-0.25, -0.2) is 9.97 Å². The van der Waals surface area contributed by atoms with E-state index in [1.165, 1.54) is 6.33 Å². The van der Waals surface area contributed by atoms with Crippen molar-refractivity contribution in [3.8, 4) is 0 Å². The molecule has 104 valence electrons. The number of rotatable bonds is 8. The monoisotopic (exact) mass is 268 g/mol. The summed E-state index contributed by atoms with van der Waals surface area (Å²) in [5.41, 5.74) is 4.76. The molecule has 0 spiro atoms. The highest BCUT2D eigenvalue weighted by atomic mass is 16.6. The van der Waals surface area contributed by atoms with Crippen LogP contribution in [-0.2, 0) is 4.79 Å². The van der Waals surface area contributed by atoms with Crippen molar-refractivity contribution in [3.05, 3.63) is 16.4 Å². The maximum Gasteiger partial charge on any atom is 0.353 e. The van der Waals surface area contributed by atoms with Crippen LogP contribution in [0.25, 0.3) is 0 Å². The number of nitrogens with two attached hydrogens (primary N) is 1. The molecule has 0 aliphatic rings. The van der Waals surface area contributed by atoms with E-state index in [9.17, 15) is 14.9 Å². The summed E-state index contributed by atoms with van der Waals surface area (Å²) in [6, 6.07) is 0. The van der Waals surface area contributed by atoms with E-state index in [0.29, 0.717) is 6.54 Å². The van der Waals surface area contributed by atoms with Crippen LogP contribution in [0.2, 0.25) is 0 Å². The third-order valence-electron chi connectivity index (χ3n) is 2.21. The minimum atomic E-state index is -0.565. The van der Waals surface area contributed by atoms with Crippen molar-refractivity contribution in [2.45, 2.75) is 19.8 Å². The molecule has 1 aromatic heterocycles. The van der Waals surface area contributed by atoms with Crippen molar-refractivity contribution in [2.24, 2.45) is 5.73 Å². The minimum Gasteiger partial charge on any atom is -0.370 e. The van der Waals surface area contributed by atoms with Gasteiger partial charge in [0.2, 0.25) is 17.5 Å². The zero-order valence-corrected chi connectivity index (χ0v) is 10.5. The Morgan fingerprint density at radius 3 is 2.42 bits per heavy atom. The fourth-order valence-corrected chi connectivity index (χ4v) is 1.36. The molecule has 0 aliphatic carbocycles. The first-order chi connectivity index (χ1) is 9.06. The molecule has 1 amide bonds. The third-order valence-corrected chi connectivity index (χ3v) is 2.21. The van der Waals surface area contributed by atoms with Gasteiger partial charge in [0.15, 0.2) is 0 Å². The topological polar surface area (TPSA) is 136 Å². The van der Waals surface area contributed by atoms with Crippen LogP contribution in [0, 0.1) is 10.1 Å². The van der Waals surface area contributed by atoms with Gasteiger partial charge in [0, 0.05) is 19.5 Å². The fourth-order valence-electron chi connectivity index (χ4n) is 1.36. The first-order valence-corrected chi connectivity index (χ1v) is 5.81. The van der Waals surface area contributed by atoms with Gasteiger partial charge in [-0.3, -0.25) is 14.9 Å². The summed E-state index contributed by atoms with van der Waals surface area (Å²) in [6.07, 6.45) is 2.10. The SMILES string of the molecule is CCCNc1ncnc(NCCC(N)=O)c1[N+](=O)[O-]. The highest BCUT2D eigenvalue weighted by Gasteiger charge is 2.22. The Bertz CT molecular complexity index is 465. The van der Waals surface area contributed by atoms with Gasteiger partial charge in [-0.15, -0.1) is 0 Å². The van der Waals surface area contributed by atoms with Crippen LogP contribution in [0.5, 0.6) is 0 Å². The van der Waals surface area contributed by atoms with E-state index in [0.717, 1.165) is 6.42 Å². The van der Waals surface area contributed by atoms with E-state index in [4.69, 9.17) is 5.73 Å². The number of nitro groups is 1. The van der Waals surface area contributed by atoms with Crippen LogP contribution in [-0.4, -0.2) is 33.9 Å². The van der Waals surface area contributed by atoms with Gasteiger partial charge in [-0.05, 0) is 6.42 Å². The lowest BCUT2D eigenvalue weighted by Gasteiger charge is -2.08. The highest BCUT2D eigenvalue weighted by Crippen LogP contribution is 2.28. The number of carbonyl (C=O) groups excluding carboxylic acids is 1. The standard InChI is InChI=1S/C10H16N6O3/c1-2-4-12-9-8(16(18)19)10(15-6-14-9)13-5-3-7(11)17/h6H,2-5H2,1H3,(H2,11,17)(H2,12,13,14,15). The molecule has 0 saturated carbocycles. The molecule has 0 fully saturated rings. The average Bonchev–Trinajstić information content (AvgIpc) is 2.35. The molecule has 0 unspecified atom stereocenters. The van der Waals surface area contributed by atoms with Crippen LogP contribution in [0.15, 0.2) is 6.33 Å². The summed E-state index contributed by atoms with van der Waals surface area (Å²) in [5.74, 6) is -0.267. The number of primary amides is 1. The van der Waals surface area contributed by atoms with Crippen molar-refractivity contribution in [2.75, 3.05) is 23.7 Å². The molecular weight excluding hydrogens is 252 g/mol. The normalized spacial score (nSPS) is 9.95. The lowest BCUT2D eigenvalue weighted by atomic mass is 10.3. The molecule has 0 atom stereocenters. The molecule has 9 heteroatoms. The van der Waals surface area contributed by atoms with Crippen molar-refractivity contribution in [1.29, 1.82) is 0 Å². The van der Waals surface area contributed by atoms with E-state index >= 15 is 0 Å². The number of nitrogens with zero attached hydrogens (tertiary/aromatic N) is 3. The van der Waals surface area contributed by atoms with Crippen LogP contribution >= 0.6 is 0 Å². The minimum absolute atomic E-state index is 0.0683. The molecule has 0 radical (unpaired) electrons. The molecular formula is C10H16N6O3. The Hall–Kier alpha value is -2.45. The fraction of sp³-hybridized carbons (Fsp3) is 0.500. The van der Waals surface area contributed by atoms with Crippen molar-refractivity contribution < 1.29 is 9.72 Å². The highest BCUT2D eigenvalue weighted by molar-refractivity contribution is 5.75. The summed E-state index contributed by atoms with van der Waals surface area (Å²) in [7, 11) is 0. The molecule has 1 aromatic rings. The van der Waals surface area contributed by atoms with Gasteiger partial charge in [-0.2, -0.15) is 0 Å². The Balaban J connectivity index is 2.89. The van der Waals surface area contributed by atoms with Crippen molar-refractivity contribution >= 4 is 23.2 Å². The quantitative estimate of drug-likeness (QED) is 0.461. The maximum absolute atomic E-state index is 11.1. The molecule has 4 N–H and O–H groups in total. The lowest BCUT2D eigenvalue weighted by Crippen LogP contribution is -2.17. The summed E-state index contributed by atoms with van der Waals surface area (Å²) in [4.78, 5) is 28.8. The first kappa shape index (κ1) is 14.6. The first-order valence-electron chi connectivity index (χ1n) is 5.81. The Kier molecular flexibility index (Phi) is 5.45. The zero-order valence-electron chi connectivity index (χ0n) is 10.5. The predicted octanol–water partition coefficient (Wildman–Crippen LogP) is 0.494. The molecule has 0 saturated heterocycles. The van der Waals surface area contributed by atoms with Crippen molar-refractivity contribution in [1.82, 2.24) is 9.97 Å².